The largest absolute Gasteiger partial charge is 0.486 e. The number of amides is 1. The van der Waals surface area contributed by atoms with E-state index >= 15 is 0 Å². The smallest absolute Gasteiger partial charge is 0.387 e. The van der Waals surface area contributed by atoms with Crippen LogP contribution in [0.4, 0.5) is 14.5 Å². The quantitative estimate of drug-likeness (QED) is 0.361. The molecule has 1 N–H and O–H groups in total. The molecule has 2 aromatic carbocycles. The molecule has 1 amide bonds. The highest BCUT2D eigenvalue weighted by Crippen LogP contribution is 2.26. The van der Waals surface area contributed by atoms with Crippen molar-refractivity contribution in [2.45, 2.75) is 45.2 Å². The maximum Gasteiger partial charge on any atom is 0.387 e. The Bertz CT molecular complexity index is 1030. The minimum Gasteiger partial charge on any atom is -0.486 e. The molecule has 0 saturated heterocycles. The molecule has 1 heterocycles. The zero-order chi connectivity index (χ0) is 23.6. The van der Waals surface area contributed by atoms with Crippen molar-refractivity contribution in [1.82, 2.24) is 14.8 Å². The molecule has 0 saturated carbocycles. The summed E-state index contributed by atoms with van der Waals surface area (Å²) in [6, 6.07) is 15.5. The summed E-state index contributed by atoms with van der Waals surface area (Å²) in [6.45, 7) is 2.22. The molecular formula is C23H26F2N4O3S. The van der Waals surface area contributed by atoms with Crippen LogP contribution >= 0.6 is 11.8 Å². The van der Waals surface area contributed by atoms with Crippen molar-refractivity contribution in [3.8, 4) is 11.5 Å². The van der Waals surface area contributed by atoms with Gasteiger partial charge in [-0.2, -0.15) is 8.78 Å². The lowest BCUT2D eigenvalue weighted by atomic mass is 10.1. The highest BCUT2D eigenvalue weighted by atomic mass is 32.2. The molecule has 0 atom stereocenters. The molecule has 3 aromatic rings. The van der Waals surface area contributed by atoms with Gasteiger partial charge in [-0.25, -0.2) is 0 Å². The number of benzene rings is 2. The second-order valence-corrected chi connectivity index (χ2v) is 8.49. The Labute approximate surface area is 195 Å². The van der Waals surface area contributed by atoms with Crippen molar-refractivity contribution >= 4 is 23.4 Å². The van der Waals surface area contributed by atoms with E-state index < -0.39 is 6.61 Å². The van der Waals surface area contributed by atoms with Crippen LogP contribution in [0, 0.1) is 5.92 Å². The number of carbonyl (C=O) groups is 1. The molecule has 0 unspecified atom stereocenters. The van der Waals surface area contributed by atoms with Crippen LogP contribution in [0.5, 0.6) is 11.5 Å². The zero-order valence-electron chi connectivity index (χ0n) is 18.4. The highest BCUT2D eigenvalue weighted by molar-refractivity contribution is 7.99. The van der Waals surface area contributed by atoms with Gasteiger partial charge in [0.25, 0.3) is 0 Å². The lowest BCUT2D eigenvalue weighted by molar-refractivity contribution is -0.113. The van der Waals surface area contributed by atoms with Gasteiger partial charge in [0.15, 0.2) is 11.0 Å². The fourth-order valence-electron chi connectivity index (χ4n) is 2.89. The summed E-state index contributed by atoms with van der Waals surface area (Å²) >= 11 is 1.22. The second kappa shape index (κ2) is 12.2. The summed E-state index contributed by atoms with van der Waals surface area (Å²) in [5.74, 6) is 1.44. The fourth-order valence-corrected chi connectivity index (χ4v) is 3.68. The van der Waals surface area contributed by atoms with Gasteiger partial charge in [0.1, 0.15) is 18.1 Å². The summed E-state index contributed by atoms with van der Waals surface area (Å²) in [4.78, 5) is 12.5. The van der Waals surface area contributed by atoms with Crippen molar-refractivity contribution in [2.75, 3.05) is 11.1 Å². The van der Waals surface area contributed by atoms with Crippen LogP contribution in [0.2, 0.25) is 0 Å². The molecule has 7 nitrogen and oxygen atoms in total. The van der Waals surface area contributed by atoms with E-state index in [-0.39, 0.29) is 29.7 Å². The van der Waals surface area contributed by atoms with Crippen molar-refractivity contribution in [3.05, 3.63) is 60.4 Å². The van der Waals surface area contributed by atoms with Gasteiger partial charge in [0.2, 0.25) is 5.91 Å². The Morgan fingerprint density at radius 1 is 1.09 bits per heavy atom. The number of aromatic nitrogens is 3. The van der Waals surface area contributed by atoms with Crippen LogP contribution < -0.4 is 14.8 Å². The van der Waals surface area contributed by atoms with Gasteiger partial charge in [-0.15, -0.1) is 10.2 Å². The Morgan fingerprint density at radius 2 is 1.82 bits per heavy atom. The minimum absolute atomic E-state index is 0.0301. The Kier molecular flexibility index (Phi) is 9.05. The van der Waals surface area contributed by atoms with Crippen LogP contribution in [0.1, 0.15) is 26.1 Å². The monoisotopic (exact) mass is 476 g/mol. The van der Waals surface area contributed by atoms with E-state index in [0.29, 0.717) is 23.4 Å². The number of anilines is 1. The molecule has 0 spiro atoms. The van der Waals surface area contributed by atoms with E-state index in [1.165, 1.54) is 23.9 Å². The summed E-state index contributed by atoms with van der Waals surface area (Å²) in [5.41, 5.74) is 0.182. The normalized spacial score (nSPS) is 11.1. The first-order valence-corrected chi connectivity index (χ1v) is 11.5. The number of carbonyl (C=O) groups excluding carboxylic acids is 1. The van der Waals surface area contributed by atoms with Gasteiger partial charge in [0, 0.05) is 6.54 Å². The third kappa shape index (κ3) is 7.74. The SMILES string of the molecule is CC(C)CCn1c(COc2ccccc2)nnc1SCC(=O)Nc1ccccc1OC(F)F. The number of nitrogens with zero attached hydrogens (tertiary/aromatic N) is 3. The zero-order valence-corrected chi connectivity index (χ0v) is 19.2. The first-order valence-electron chi connectivity index (χ1n) is 10.5. The summed E-state index contributed by atoms with van der Waals surface area (Å²) < 4.78 is 37.4. The number of hydrogen-bond acceptors (Lipinski definition) is 6. The number of alkyl halides is 2. The van der Waals surface area contributed by atoms with Gasteiger partial charge >= 0.3 is 6.61 Å². The molecule has 176 valence electrons. The molecular weight excluding hydrogens is 450 g/mol. The predicted molar refractivity (Wildman–Crippen MR) is 123 cm³/mol. The van der Waals surface area contributed by atoms with Crippen LogP contribution in [-0.4, -0.2) is 33.0 Å². The van der Waals surface area contributed by atoms with E-state index in [9.17, 15) is 13.6 Å². The van der Waals surface area contributed by atoms with Crippen molar-refractivity contribution < 1.29 is 23.0 Å². The first kappa shape index (κ1) is 24.5. The molecule has 0 radical (unpaired) electrons. The van der Waals surface area contributed by atoms with Crippen LogP contribution in [0.3, 0.4) is 0 Å². The van der Waals surface area contributed by atoms with Gasteiger partial charge in [-0.3, -0.25) is 4.79 Å². The lowest BCUT2D eigenvalue weighted by Crippen LogP contribution is -2.16. The standard InChI is InChI=1S/C23H26F2N4O3S/c1-16(2)12-13-29-20(14-31-17-8-4-3-5-9-17)27-28-23(29)33-15-21(30)26-18-10-6-7-11-19(18)32-22(24)25/h3-11,16,22H,12-15H2,1-2H3,(H,26,30). The average molecular weight is 477 g/mol. The number of thioether (sulfide) groups is 1. The molecule has 0 aliphatic rings. The van der Waals surface area contributed by atoms with Gasteiger partial charge in [-0.05, 0) is 36.6 Å². The topological polar surface area (TPSA) is 78.3 Å². The number of ether oxygens (including phenoxy) is 2. The van der Waals surface area contributed by atoms with E-state index in [1.807, 2.05) is 34.9 Å². The maximum absolute atomic E-state index is 12.6. The Morgan fingerprint density at radius 3 is 2.55 bits per heavy atom. The minimum atomic E-state index is -2.98. The van der Waals surface area contributed by atoms with Crippen molar-refractivity contribution in [2.24, 2.45) is 5.92 Å². The summed E-state index contributed by atoms with van der Waals surface area (Å²) in [6.07, 6.45) is 0.911. The van der Waals surface area contributed by atoms with Gasteiger partial charge in [0.05, 0.1) is 11.4 Å². The molecule has 1 aromatic heterocycles. The van der Waals surface area contributed by atoms with E-state index in [1.54, 1.807) is 12.1 Å². The average Bonchev–Trinajstić information content (AvgIpc) is 3.18. The van der Waals surface area contributed by atoms with E-state index in [2.05, 4.69) is 34.1 Å². The molecule has 0 aliphatic heterocycles. The Hall–Kier alpha value is -3.14. The third-order valence-corrected chi connectivity index (χ3v) is 5.51. The fraction of sp³-hybridized carbons (Fsp3) is 0.348. The molecule has 0 aliphatic carbocycles. The number of halogens is 2. The molecule has 0 bridgehead atoms. The molecule has 10 heteroatoms. The molecule has 33 heavy (non-hydrogen) atoms. The molecule has 0 fully saturated rings. The van der Waals surface area contributed by atoms with Crippen molar-refractivity contribution in [1.29, 1.82) is 0 Å². The molecule has 3 rings (SSSR count). The van der Waals surface area contributed by atoms with Crippen LogP contribution in [-0.2, 0) is 17.9 Å². The van der Waals surface area contributed by atoms with Gasteiger partial charge in [-0.1, -0.05) is 55.9 Å². The van der Waals surface area contributed by atoms with E-state index in [0.717, 1.165) is 12.2 Å². The summed E-state index contributed by atoms with van der Waals surface area (Å²) in [5, 5.41) is 11.7. The third-order valence-electron chi connectivity index (χ3n) is 4.54. The predicted octanol–water partition coefficient (Wildman–Crippen LogP) is 5.24. The number of para-hydroxylation sites is 3. The second-order valence-electron chi connectivity index (χ2n) is 7.55. The van der Waals surface area contributed by atoms with Crippen LogP contribution in [0.15, 0.2) is 59.8 Å². The van der Waals surface area contributed by atoms with Crippen molar-refractivity contribution in [3.63, 3.8) is 0 Å². The first-order chi connectivity index (χ1) is 15.9. The number of hydrogen-bond donors (Lipinski definition) is 1. The highest BCUT2D eigenvalue weighted by Gasteiger charge is 2.17. The van der Waals surface area contributed by atoms with E-state index in [4.69, 9.17) is 4.74 Å². The van der Waals surface area contributed by atoms with Gasteiger partial charge < -0.3 is 19.4 Å². The summed E-state index contributed by atoms with van der Waals surface area (Å²) in [7, 11) is 0. The number of nitrogens with one attached hydrogen (secondary N) is 1. The number of rotatable bonds is 12. The maximum atomic E-state index is 12.6. The van der Waals surface area contributed by atoms with Crippen LogP contribution in [0.25, 0.3) is 0 Å². The lowest BCUT2D eigenvalue weighted by Gasteiger charge is -2.13. The Balaban J connectivity index is 1.64.